The molecule has 4 nitrogen and oxygen atoms in total. The maximum absolute atomic E-state index is 5.88. The van der Waals surface area contributed by atoms with E-state index in [2.05, 4.69) is 20.6 Å². The van der Waals surface area contributed by atoms with Crippen molar-refractivity contribution in [1.29, 1.82) is 0 Å². The van der Waals surface area contributed by atoms with Gasteiger partial charge < -0.3 is 10.6 Å². The van der Waals surface area contributed by atoms with E-state index in [1.807, 2.05) is 0 Å². The summed E-state index contributed by atoms with van der Waals surface area (Å²) in [4.78, 5) is 7.96. The molecule has 0 aliphatic heterocycles. The van der Waals surface area contributed by atoms with Crippen LogP contribution in [0.5, 0.6) is 0 Å². The highest BCUT2D eigenvalue weighted by Gasteiger charge is 2.02. The lowest BCUT2D eigenvalue weighted by atomic mass is 10.3. The number of hydrogen-bond donors (Lipinski definition) is 2. The summed E-state index contributed by atoms with van der Waals surface area (Å²) in [5.41, 5.74) is 0.703. The number of nitrogens with zero attached hydrogens (tertiary/aromatic N) is 2. The molecule has 0 saturated carbocycles. The van der Waals surface area contributed by atoms with E-state index in [0.29, 0.717) is 26.7 Å². The van der Waals surface area contributed by atoms with Crippen LogP contribution in [0.15, 0.2) is 36.8 Å². The largest absolute Gasteiger partial charge is 0.332 e. The SMILES string of the molecule is S=C(Nc1cc(Cl)cc(Cl)c1)Nc1cnccn1. The minimum Gasteiger partial charge on any atom is -0.332 e. The fourth-order valence-electron chi connectivity index (χ4n) is 1.27. The molecule has 0 atom stereocenters. The van der Waals surface area contributed by atoms with Crippen molar-refractivity contribution in [1.82, 2.24) is 9.97 Å². The monoisotopic (exact) mass is 298 g/mol. The second-order valence-corrected chi connectivity index (χ2v) is 4.61. The molecular formula is C11H8Cl2N4S. The summed E-state index contributed by atoms with van der Waals surface area (Å²) < 4.78 is 0. The number of nitrogens with one attached hydrogen (secondary N) is 2. The van der Waals surface area contributed by atoms with Gasteiger partial charge in [-0.3, -0.25) is 4.98 Å². The molecule has 2 aromatic rings. The summed E-state index contributed by atoms with van der Waals surface area (Å²) >= 11 is 16.9. The minimum absolute atomic E-state index is 0.383. The maximum Gasteiger partial charge on any atom is 0.176 e. The second-order valence-electron chi connectivity index (χ2n) is 3.33. The number of thiocarbonyl (C=S) groups is 1. The summed E-state index contributed by atoms with van der Waals surface area (Å²) in [5.74, 6) is 0.558. The first-order valence-electron chi connectivity index (χ1n) is 4.93. The summed E-state index contributed by atoms with van der Waals surface area (Å²) in [6, 6.07) is 5.09. The molecule has 7 heteroatoms. The Morgan fingerprint density at radius 1 is 1.06 bits per heavy atom. The van der Waals surface area contributed by atoms with Crippen molar-refractivity contribution in [3.05, 3.63) is 46.8 Å². The molecule has 18 heavy (non-hydrogen) atoms. The lowest BCUT2D eigenvalue weighted by Crippen LogP contribution is -2.19. The van der Waals surface area contributed by atoms with Crippen LogP contribution < -0.4 is 10.6 Å². The minimum atomic E-state index is 0.383. The van der Waals surface area contributed by atoms with Crippen LogP contribution in [0.4, 0.5) is 11.5 Å². The van der Waals surface area contributed by atoms with Gasteiger partial charge in [-0.25, -0.2) is 4.98 Å². The zero-order valence-corrected chi connectivity index (χ0v) is 11.4. The van der Waals surface area contributed by atoms with E-state index in [1.165, 1.54) is 0 Å². The van der Waals surface area contributed by atoms with E-state index in [9.17, 15) is 0 Å². The fourth-order valence-corrected chi connectivity index (χ4v) is 2.02. The molecule has 0 amide bonds. The van der Waals surface area contributed by atoms with Gasteiger partial charge in [0.15, 0.2) is 10.9 Å². The Morgan fingerprint density at radius 3 is 2.39 bits per heavy atom. The smallest absolute Gasteiger partial charge is 0.176 e. The number of benzene rings is 1. The molecule has 92 valence electrons. The van der Waals surface area contributed by atoms with Gasteiger partial charge in [0.1, 0.15) is 0 Å². The van der Waals surface area contributed by atoms with Crippen LogP contribution in [0.1, 0.15) is 0 Å². The van der Waals surface area contributed by atoms with Crippen molar-refractivity contribution in [3.63, 3.8) is 0 Å². The highest BCUT2D eigenvalue weighted by Crippen LogP contribution is 2.22. The molecule has 0 fully saturated rings. The van der Waals surface area contributed by atoms with Gasteiger partial charge in [0, 0.05) is 28.1 Å². The summed E-state index contributed by atoms with van der Waals surface area (Å²) in [6.07, 6.45) is 4.72. The topological polar surface area (TPSA) is 49.8 Å². The Morgan fingerprint density at radius 2 is 1.78 bits per heavy atom. The van der Waals surface area contributed by atoms with E-state index in [1.54, 1.807) is 36.8 Å². The van der Waals surface area contributed by atoms with Crippen LogP contribution in [0.2, 0.25) is 10.0 Å². The van der Waals surface area contributed by atoms with E-state index in [4.69, 9.17) is 35.4 Å². The lowest BCUT2D eigenvalue weighted by Gasteiger charge is -2.10. The Bertz CT molecular complexity index is 542. The third-order valence-corrected chi connectivity index (χ3v) is 2.57. The van der Waals surface area contributed by atoms with Gasteiger partial charge in [0.2, 0.25) is 0 Å². The normalized spacial score (nSPS) is 9.89. The predicted molar refractivity (Wildman–Crippen MR) is 78.3 cm³/mol. The Balaban J connectivity index is 2.03. The summed E-state index contributed by atoms with van der Waals surface area (Å²) in [5, 5.41) is 7.30. The third kappa shape index (κ3) is 3.80. The van der Waals surface area contributed by atoms with Crippen LogP contribution in [0.25, 0.3) is 0 Å². The molecule has 1 aromatic carbocycles. The third-order valence-electron chi connectivity index (χ3n) is 1.93. The Kier molecular flexibility index (Phi) is 4.30. The first kappa shape index (κ1) is 13.0. The predicted octanol–water partition coefficient (Wildman–Crippen LogP) is 3.59. The molecule has 1 heterocycles. The molecule has 0 unspecified atom stereocenters. The fraction of sp³-hybridized carbons (Fsp3) is 0. The molecule has 0 bridgehead atoms. The molecule has 0 saturated heterocycles. The van der Waals surface area contributed by atoms with Crippen LogP contribution in [0, 0.1) is 0 Å². The number of hydrogen-bond acceptors (Lipinski definition) is 3. The van der Waals surface area contributed by atoms with Crippen LogP contribution >= 0.6 is 35.4 Å². The number of rotatable bonds is 2. The molecule has 0 aliphatic rings. The zero-order valence-electron chi connectivity index (χ0n) is 9.02. The van der Waals surface area contributed by atoms with Gasteiger partial charge in [0.25, 0.3) is 0 Å². The summed E-state index contributed by atoms with van der Waals surface area (Å²) in [6.45, 7) is 0. The van der Waals surface area contributed by atoms with Crippen LogP contribution in [0.3, 0.4) is 0 Å². The second kappa shape index (κ2) is 5.95. The van der Waals surface area contributed by atoms with Gasteiger partial charge in [0.05, 0.1) is 6.20 Å². The Labute approximate surface area is 119 Å². The van der Waals surface area contributed by atoms with E-state index >= 15 is 0 Å². The van der Waals surface area contributed by atoms with Gasteiger partial charge in [-0.2, -0.15) is 0 Å². The van der Waals surface area contributed by atoms with Crippen LogP contribution in [-0.2, 0) is 0 Å². The van der Waals surface area contributed by atoms with Gasteiger partial charge in [-0.05, 0) is 30.4 Å². The highest BCUT2D eigenvalue weighted by atomic mass is 35.5. The molecule has 0 radical (unpaired) electrons. The molecular weight excluding hydrogens is 291 g/mol. The van der Waals surface area contributed by atoms with Crippen molar-refractivity contribution in [3.8, 4) is 0 Å². The standard InChI is InChI=1S/C11H8Cl2N4S/c12-7-3-8(13)5-9(4-7)16-11(18)17-10-6-14-1-2-15-10/h1-6H,(H2,15,16,17,18). The molecule has 2 rings (SSSR count). The van der Waals surface area contributed by atoms with E-state index in [-0.39, 0.29) is 0 Å². The van der Waals surface area contributed by atoms with Gasteiger partial charge >= 0.3 is 0 Å². The molecule has 0 aliphatic carbocycles. The van der Waals surface area contributed by atoms with Gasteiger partial charge in [-0.1, -0.05) is 23.2 Å². The first-order chi connectivity index (χ1) is 8.63. The first-order valence-corrected chi connectivity index (χ1v) is 6.10. The quantitative estimate of drug-likeness (QED) is 0.830. The number of anilines is 2. The molecule has 2 N–H and O–H groups in total. The average Bonchev–Trinajstić information content (AvgIpc) is 2.28. The Hall–Kier alpha value is -1.43. The van der Waals surface area contributed by atoms with Crippen molar-refractivity contribution >= 4 is 52.0 Å². The molecule has 0 spiro atoms. The highest BCUT2D eigenvalue weighted by molar-refractivity contribution is 7.80. The van der Waals surface area contributed by atoms with Crippen molar-refractivity contribution in [2.45, 2.75) is 0 Å². The van der Waals surface area contributed by atoms with Crippen molar-refractivity contribution in [2.75, 3.05) is 10.6 Å². The number of aromatic nitrogens is 2. The lowest BCUT2D eigenvalue weighted by molar-refractivity contribution is 1.21. The molecule has 1 aromatic heterocycles. The van der Waals surface area contributed by atoms with Gasteiger partial charge in [-0.15, -0.1) is 0 Å². The van der Waals surface area contributed by atoms with E-state index < -0.39 is 0 Å². The van der Waals surface area contributed by atoms with Crippen molar-refractivity contribution in [2.24, 2.45) is 0 Å². The van der Waals surface area contributed by atoms with E-state index in [0.717, 1.165) is 0 Å². The van der Waals surface area contributed by atoms with Crippen LogP contribution in [-0.4, -0.2) is 15.1 Å². The zero-order chi connectivity index (χ0) is 13.0. The average molecular weight is 299 g/mol. The summed E-state index contributed by atoms with van der Waals surface area (Å²) in [7, 11) is 0. The maximum atomic E-state index is 5.88. The number of halogens is 2. The van der Waals surface area contributed by atoms with Crippen molar-refractivity contribution < 1.29 is 0 Å².